The first-order valence-electron chi connectivity index (χ1n) is 6.89. The molecule has 0 fully saturated rings. The fourth-order valence-electron chi connectivity index (χ4n) is 2.04. The number of sulfonamides is 1. The molecule has 0 atom stereocenters. The van der Waals surface area contributed by atoms with E-state index in [2.05, 4.69) is 9.71 Å². The summed E-state index contributed by atoms with van der Waals surface area (Å²) in [5.74, 6) is 0.365. The summed E-state index contributed by atoms with van der Waals surface area (Å²) in [5, 5.41) is 0.980. The van der Waals surface area contributed by atoms with Gasteiger partial charge in [-0.25, -0.2) is 18.1 Å². The van der Waals surface area contributed by atoms with E-state index in [1.165, 1.54) is 7.11 Å². The van der Waals surface area contributed by atoms with Crippen molar-refractivity contribution in [2.24, 2.45) is 0 Å². The van der Waals surface area contributed by atoms with Crippen molar-refractivity contribution in [2.75, 3.05) is 13.7 Å². The Morgan fingerprint density at radius 1 is 1.23 bits per heavy atom. The fraction of sp³-hybridized carbons (Fsp3) is 0.400. The second-order valence-corrected chi connectivity index (χ2v) is 8.14. The number of rotatable bonds is 6. The number of methoxy groups -OCH3 is 1. The van der Waals surface area contributed by atoms with Crippen molar-refractivity contribution in [1.29, 1.82) is 0 Å². The second-order valence-electron chi connectivity index (χ2n) is 5.08. The van der Waals surface area contributed by atoms with Gasteiger partial charge < -0.3 is 4.74 Å². The molecule has 1 aromatic heterocycles. The molecule has 0 saturated carbocycles. The van der Waals surface area contributed by atoms with Crippen molar-refractivity contribution in [3.8, 4) is 5.75 Å². The molecule has 0 amide bonds. The lowest BCUT2D eigenvalue weighted by atomic mass is 10.1. The molecule has 22 heavy (non-hydrogen) atoms. The Labute approximate surface area is 135 Å². The Bertz CT molecular complexity index is 767. The van der Waals surface area contributed by atoms with E-state index in [1.807, 2.05) is 20.8 Å². The lowest BCUT2D eigenvalue weighted by molar-refractivity contribution is 0.402. The molecule has 0 aliphatic carbocycles. The van der Waals surface area contributed by atoms with Gasteiger partial charge in [-0.15, -0.1) is 11.3 Å². The maximum atomic E-state index is 12.5. The number of aromatic nitrogens is 1. The van der Waals surface area contributed by atoms with Crippen LogP contribution in [-0.4, -0.2) is 27.1 Å². The number of thiazole rings is 1. The van der Waals surface area contributed by atoms with E-state index in [4.69, 9.17) is 4.74 Å². The number of benzene rings is 1. The van der Waals surface area contributed by atoms with E-state index >= 15 is 0 Å². The number of aryl methyl sites for hydroxylation is 3. The van der Waals surface area contributed by atoms with Gasteiger partial charge in [0.1, 0.15) is 10.6 Å². The summed E-state index contributed by atoms with van der Waals surface area (Å²) in [7, 11) is -2.12. The third kappa shape index (κ3) is 3.85. The third-order valence-electron chi connectivity index (χ3n) is 3.40. The highest BCUT2D eigenvalue weighted by atomic mass is 32.2. The number of hydrogen-bond donors (Lipinski definition) is 1. The highest BCUT2D eigenvalue weighted by molar-refractivity contribution is 7.89. The molecular formula is C15H20N2O3S2. The molecule has 1 aromatic carbocycles. The van der Waals surface area contributed by atoms with Crippen LogP contribution in [0, 0.1) is 20.8 Å². The normalized spacial score (nSPS) is 11.6. The lowest BCUT2D eigenvalue weighted by Gasteiger charge is -2.13. The van der Waals surface area contributed by atoms with Crippen LogP contribution in [0.4, 0.5) is 0 Å². The monoisotopic (exact) mass is 340 g/mol. The van der Waals surface area contributed by atoms with Gasteiger partial charge in [-0.1, -0.05) is 0 Å². The first kappa shape index (κ1) is 16.9. The Hall–Kier alpha value is -1.44. The fourth-order valence-corrected chi connectivity index (χ4v) is 4.10. The standard InChI is InChI=1S/C15H20N2O3S2/c1-10-7-14(20-4)15(8-11(10)2)22(18,19)17-6-5-13-9-16-12(3)21-13/h7-9,17H,5-6H2,1-4H3. The zero-order chi connectivity index (χ0) is 16.3. The summed E-state index contributed by atoms with van der Waals surface area (Å²) < 4.78 is 32.8. The minimum Gasteiger partial charge on any atom is -0.495 e. The molecule has 0 radical (unpaired) electrons. The molecule has 0 bridgehead atoms. The molecule has 0 aliphatic heterocycles. The Morgan fingerprint density at radius 3 is 2.50 bits per heavy atom. The minimum atomic E-state index is -3.60. The van der Waals surface area contributed by atoms with E-state index in [9.17, 15) is 8.42 Å². The van der Waals surface area contributed by atoms with Crippen LogP contribution in [0.3, 0.4) is 0 Å². The van der Waals surface area contributed by atoms with Crippen LogP contribution < -0.4 is 9.46 Å². The Kier molecular flexibility index (Phi) is 5.20. The van der Waals surface area contributed by atoms with Gasteiger partial charge >= 0.3 is 0 Å². The van der Waals surface area contributed by atoms with Crippen LogP contribution in [0.1, 0.15) is 21.0 Å². The summed E-state index contributed by atoms with van der Waals surface area (Å²) in [6, 6.07) is 3.39. The number of hydrogen-bond acceptors (Lipinski definition) is 5. The maximum Gasteiger partial charge on any atom is 0.244 e. The van der Waals surface area contributed by atoms with Gasteiger partial charge in [0, 0.05) is 17.6 Å². The summed E-state index contributed by atoms with van der Waals surface area (Å²) in [6.45, 7) is 6.07. The molecule has 1 heterocycles. The van der Waals surface area contributed by atoms with Crippen LogP contribution in [0.2, 0.25) is 0 Å². The largest absolute Gasteiger partial charge is 0.495 e. The highest BCUT2D eigenvalue weighted by Crippen LogP contribution is 2.27. The van der Waals surface area contributed by atoms with Gasteiger partial charge in [-0.05, 0) is 50.5 Å². The molecule has 2 aromatic rings. The van der Waals surface area contributed by atoms with Crippen molar-refractivity contribution in [1.82, 2.24) is 9.71 Å². The summed E-state index contributed by atoms with van der Waals surface area (Å²) in [4.78, 5) is 5.40. The predicted octanol–water partition coefficient (Wildman–Crippen LogP) is 2.60. The zero-order valence-electron chi connectivity index (χ0n) is 13.1. The average Bonchev–Trinajstić information content (AvgIpc) is 2.86. The summed E-state index contributed by atoms with van der Waals surface area (Å²) in [5.41, 5.74) is 1.91. The smallest absolute Gasteiger partial charge is 0.244 e. The lowest BCUT2D eigenvalue weighted by Crippen LogP contribution is -2.26. The molecule has 0 spiro atoms. The first-order chi connectivity index (χ1) is 10.3. The molecule has 0 saturated heterocycles. The molecule has 7 heteroatoms. The second kappa shape index (κ2) is 6.76. The van der Waals surface area contributed by atoms with Crippen molar-refractivity contribution in [3.63, 3.8) is 0 Å². The molecular weight excluding hydrogens is 320 g/mol. The average molecular weight is 340 g/mol. The van der Waals surface area contributed by atoms with Gasteiger partial charge in [-0.2, -0.15) is 0 Å². The van der Waals surface area contributed by atoms with E-state index in [0.717, 1.165) is 21.0 Å². The number of nitrogens with one attached hydrogen (secondary N) is 1. The van der Waals surface area contributed by atoms with Gasteiger partial charge in [0.05, 0.1) is 12.1 Å². The van der Waals surface area contributed by atoms with Crippen LogP contribution in [-0.2, 0) is 16.4 Å². The van der Waals surface area contributed by atoms with Crippen LogP contribution in [0.5, 0.6) is 5.75 Å². The van der Waals surface area contributed by atoms with Gasteiger partial charge in [-0.3, -0.25) is 0 Å². The number of nitrogens with zero attached hydrogens (tertiary/aromatic N) is 1. The van der Waals surface area contributed by atoms with E-state index in [1.54, 1.807) is 29.7 Å². The van der Waals surface area contributed by atoms with Crippen LogP contribution in [0.25, 0.3) is 0 Å². The molecule has 120 valence electrons. The van der Waals surface area contributed by atoms with Crippen LogP contribution >= 0.6 is 11.3 Å². The van der Waals surface area contributed by atoms with Crippen molar-refractivity contribution in [2.45, 2.75) is 32.1 Å². The van der Waals surface area contributed by atoms with Crippen molar-refractivity contribution >= 4 is 21.4 Å². The van der Waals surface area contributed by atoms with E-state index in [-0.39, 0.29) is 4.90 Å². The van der Waals surface area contributed by atoms with Gasteiger partial charge in [0.25, 0.3) is 0 Å². The van der Waals surface area contributed by atoms with Crippen molar-refractivity contribution < 1.29 is 13.2 Å². The molecule has 1 N–H and O–H groups in total. The predicted molar refractivity (Wildman–Crippen MR) is 88.2 cm³/mol. The molecule has 0 unspecified atom stereocenters. The van der Waals surface area contributed by atoms with Gasteiger partial charge in [0.15, 0.2) is 0 Å². The highest BCUT2D eigenvalue weighted by Gasteiger charge is 2.20. The van der Waals surface area contributed by atoms with Crippen molar-refractivity contribution in [3.05, 3.63) is 39.3 Å². The Balaban J connectivity index is 2.14. The Morgan fingerprint density at radius 2 is 1.91 bits per heavy atom. The zero-order valence-corrected chi connectivity index (χ0v) is 14.8. The third-order valence-corrected chi connectivity index (χ3v) is 5.86. The molecule has 0 aliphatic rings. The van der Waals surface area contributed by atoms with Gasteiger partial charge in [0.2, 0.25) is 10.0 Å². The van der Waals surface area contributed by atoms with E-state index in [0.29, 0.717) is 18.7 Å². The topological polar surface area (TPSA) is 68.3 Å². The maximum absolute atomic E-state index is 12.5. The van der Waals surface area contributed by atoms with Crippen LogP contribution in [0.15, 0.2) is 23.2 Å². The summed E-state index contributed by atoms with van der Waals surface area (Å²) in [6.07, 6.45) is 2.41. The first-order valence-corrected chi connectivity index (χ1v) is 9.19. The SMILES string of the molecule is COc1cc(C)c(C)cc1S(=O)(=O)NCCc1cnc(C)s1. The van der Waals surface area contributed by atoms with E-state index < -0.39 is 10.0 Å². The minimum absolute atomic E-state index is 0.179. The summed E-state index contributed by atoms with van der Waals surface area (Å²) >= 11 is 1.58. The number of ether oxygens (including phenoxy) is 1. The molecule has 2 rings (SSSR count). The molecule has 5 nitrogen and oxygen atoms in total. The quantitative estimate of drug-likeness (QED) is 0.878.